The van der Waals surface area contributed by atoms with Gasteiger partial charge in [-0.05, 0) is 80.1 Å². The van der Waals surface area contributed by atoms with Crippen LogP contribution in [0.2, 0.25) is 0 Å². The van der Waals surface area contributed by atoms with Gasteiger partial charge >= 0.3 is 5.97 Å². The minimum atomic E-state index is -1.02. The van der Waals surface area contributed by atoms with Crippen LogP contribution in [0.1, 0.15) is 60.0 Å². The second kappa shape index (κ2) is 10.2. The van der Waals surface area contributed by atoms with Gasteiger partial charge in [-0.25, -0.2) is 4.79 Å². The van der Waals surface area contributed by atoms with Crippen molar-refractivity contribution in [2.45, 2.75) is 52.4 Å². The summed E-state index contributed by atoms with van der Waals surface area (Å²) >= 11 is 0. The summed E-state index contributed by atoms with van der Waals surface area (Å²) in [4.78, 5) is 38.5. The molecule has 3 rings (SSSR count). The van der Waals surface area contributed by atoms with Crippen molar-refractivity contribution in [1.29, 1.82) is 0 Å². The van der Waals surface area contributed by atoms with Gasteiger partial charge < -0.3 is 15.3 Å². The largest absolute Gasteiger partial charge is 0.478 e. The molecule has 6 heteroatoms. The standard InChI is InChI=1S/C25H30N2O4/c1-17-8-13-22(14-18(17)2)27(24(29)15-19-6-4-3-5-7-19)16-23(28)26-21-11-9-20(10-12-21)25(30)31/h8-14,19H,3-7,15-16H2,1-2H3,(H,26,28)(H,30,31). The van der Waals surface area contributed by atoms with E-state index in [1.54, 1.807) is 17.0 Å². The van der Waals surface area contributed by atoms with Crippen molar-refractivity contribution in [2.24, 2.45) is 5.92 Å². The maximum absolute atomic E-state index is 13.2. The van der Waals surface area contributed by atoms with Crippen LogP contribution in [0.15, 0.2) is 42.5 Å². The van der Waals surface area contributed by atoms with E-state index in [1.807, 2.05) is 32.0 Å². The predicted molar refractivity (Wildman–Crippen MR) is 121 cm³/mol. The fraction of sp³-hybridized carbons (Fsp3) is 0.400. The maximum Gasteiger partial charge on any atom is 0.335 e. The van der Waals surface area contributed by atoms with E-state index in [-0.39, 0.29) is 23.9 Å². The highest BCUT2D eigenvalue weighted by Crippen LogP contribution is 2.28. The van der Waals surface area contributed by atoms with E-state index < -0.39 is 5.97 Å². The van der Waals surface area contributed by atoms with E-state index >= 15 is 0 Å². The number of benzene rings is 2. The number of carboxylic acid groups (broad SMARTS) is 1. The van der Waals surface area contributed by atoms with Gasteiger partial charge in [-0.2, -0.15) is 0 Å². The normalized spacial score (nSPS) is 14.1. The SMILES string of the molecule is Cc1ccc(N(CC(=O)Nc2ccc(C(=O)O)cc2)C(=O)CC2CCCCC2)cc1C. The average Bonchev–Trinajstić information content (AvgIpc) is 2.75. The number of anilines is 2. The number of nitrogens with one attached hydrogen (secondary N) is 1. The van der Waals surface area contributed by atoms with Gasteiger partial charge in [-0.15, -0.1) is 0 Å². The van der Waals surface area contributed by atoms with Crippen molar-refractivity contribution in [2.75, 3.05) is 16.8 Å². The number of hydrogen-bond acceptors (Lipinski definition) is 3. The van der Waals surface area contributed by atoms with E-state index in [1.165, 1.54) is 18.6 Å². The summed E-state index contributed by atoms with van der Waals surface area (Å²) in [5, 5.41) is 11.8. The number of carbonyl (C=O) groups excluding carboxylic acids is 2. The van der Waals surface area contributed by atoms with Crippen LogP contribution in [0.4, 0.5) is 11.4 Å². The van der Waals surface area contributed by atoms with Crippen LogP contribution in [0.3, 0.4) is 0 Å². The third-order valence-corrected chi connectivity index (χ3v) is 6.01. The molecule has 0 aromatic heterocycles. The van der Waals surface area contributed by atoms with Crippen molar-refractivity contribution in [3.63, 3.8) is 0 Å². The number of aryl methyl sites for hydroxylation is 2. The molecule has 1 saturated carbocycles. The first-order chi connectivity index (χ1) is 14.8. The number of carboxylic acids is 1. The van der Waals surface area contributed by atoms with E-state index in [0.29, 0.717) is 18.0 Å². The molecule has 6 nitrogen and oxygen atoms in total. The quantitative estimate of drug-likeness (QED) is 0.661. The van der Waals surface area contributed by atoms with Gasteiger partial charge in [0, 0.05) is 17.8 Å². The number of rotatable bonds is 7. The molecule has 0 bridgehead atoms. The third-order valence-electron chi connectivity index (χ3n) is 6.01. The topological polar surface area (TPSA) is 86.7 Å². The van der Waals surface area contributed by atoms with E-state index in [4.69, 9.17) is 5.11 Å². The molecule has 31 heavy (non-hydrogen) atoms. The van der Waals surface area contributed by atoms with Gasteiger partial charge in [0.1, 0.15) is 6.54 Å². The van der Waals surface area contributed by atoms with Gasteiger partial charge in [0.05, 0.1) is 5.56 Å². The Morgan fingerprint density at radius 2 is 1.65 bits per heavy atom. The van der Waals surface area contributed by atoms with Gasteiger partial charge in [0.25, 0.3) is 0 Å². The number of carbonyl (C=O) groups is 3. The highest BCUT2D eigenvalue weighted by Gasteiger charge is 2.24. The molecule has 0 aliphatic heterocycles. The molecule has 2 amide bonds. The minimum absolute atomic E-state index is 0.0356. The molecule has 0 unspecified atom stereocenters. The predicted octanol–water partition coefficient (Wildman–Crippen LogP) is 4.94. The Morgan fingerprint density at radius 1 is 0.968 bits per heavy atom. The van der Waals surface area contributed by atoms with E-state index in [9.17, 15) is 14.4 Å². The first-order valence-corrected chi connectivity index (χ1v) is 10.8. The summed E-state index contributed by atoms with van der Waals surface area (Å²) in [5.41, 5.74) is 3.57. The molecule has 0 spiro atoms. The smallest absolute Gasteiger partial charge is 0.335 e. The highest BCUT2D eigenvalue weighted by atomic mass is 16.4. The molecule has 0 saturated heterocycles. The molecular formula is C25H30N2O4. The molecule has 1 aliphatic rings. The second-order valence-corrected chi connectivity index (χ2v) is 8.39. The first kappa shape index (κ1) is 22.5. The van der Waals surface area contributed by atoms with Crippen LogP contribution in [0.25, 0.3) is 0 Å². The van der Waals surface area contributed by atoms with Crippen molar-refractivity contribution < 1.29 is 19.5 Å². The average molecular weight is 423 g/mol. The minimum Gasteiger partial charge on any atom is -0.478 e. The number of nitrogens with zero attached hydrogens (tertiary/aromatic N) is 1. The first-order valence-electron chi connectivity index (χ1n) is 10.8. The molecular weight excluding hydrogens is 392 g/mol. The van der Waals surface area contributed by atoms with Crippen LogP contribution in [-0.2, 0) is 9.59 Å². The van der Waals surface area contributed by atoms with Crippen molar-refractivity contribution in [3.05, 3.63) is 59.2 Å². The molecule has 1 fully saturated rings. The van der Waals surface area contributed by atoms with E-state index in [0.717, 1.165) is 42.5 Å². The Kier molecular flexibility index (Phi) is 7.45. The lowest BCUT2D eigenvalue weighted by atomic mass is 9.86. The molecule has 2 aromatic rings. The Bertz CT molecular complexity index is 946. The van der Waals surface area contributed by atoms with Gasteiger partial charge in [-0.1, -0.05) is 25.3 Å². The van der Waals surface area contributed by atoms with Crippen LogP contribution < -0.4 is 10.2 Å². The Balaban J connectivity index is 1.74. The van der Waals surface area contributed by atoms with Gasteiger partial charge in [-0.3, -0.25) is 9.59 Å². The zero-order valence-corrected chi connectivity index (χ0v) is 18.2. The fourth-order valence-electron chi connectivity index (χ4n) is 4.01. The second-order valence-electron chi connectivity index (χ2n) is 8.39. The summed E-state index contributed by atoms with van der Waals surface area (Å²) in [7, 11) is 0. The number of hydrogen-bond donors (Lipinski definition) is 2. The summed E-state index contributed by atoms with van der Waals surface area (Å²) in [6.45, 7) is 3.92. The molecule has 0 atom stereocenters. The summed E-state index contributed by atoms with van der Waals surface area (Å²) < 4.78 is 0. The monoisotopic (exact) mass is 422 g/mol. The maximum atomic E-state index is 13.2. The molecule has 164 valence electrons. The zero-order valence-electron chi connectivity index (χ0n) is 18.2. The van der Waals surface area contributed by atoms with Gasteiger partial charge in [0.2, 0.25) is 11.8 Å². The lowest BCUT2D eigenvalue weighted by Gasteiger charge is -2.27. The summed E-state index contributed by atoms with van der Waals surface area (Å²) in [5.74, 6) is -1.00. The van der Waals surface area contributed by atoms with Crippen LogP contribution in [0, 0.1) is 19.8 Å². The Labute approximate surface area is 183 Å². The van der Waals surface area contributed by atoms with Crippen LogP contribution >= 0.6 is 0 Å². The number of aromatic carboxylic acids is 1. The van der Waals surface area contributed by atoms with Gasteiger partial charge in [0.15, 0.2) is 0 Å². The fourth-order valence-corrected chi connectivity index (χ4v) is 4.01. The summed E-state index contributed by atoms with van der Waals surface area (Å²) in [6.07, 6.45) is 6.13. The number of amides is 2. The van der Waals surface area contributed by atoms with Crippen LogP contribution in [0.5, 0.6) is 0 Å². The van der Waals surface area contributed by atoms with Crippen molar-refractivity contribution in [3.8, 4) is 0 Å². The lowest BCUT2D eigenvalue weighted by Crippen LogP contribution is -2.39. The Morgan fingerprint density at radius 3 is 2.26 bits per heavy atom. The lowest BCUT2D eigenvalue weighted by molar-refractivity contribution is -0.122. The Hall–Kier alpha value is -3.15. The molecule has 0 radical (unpaired) electrons. The molecule has 1 aliphatic carbocycles. The third kappa shape index (κ3) is 6.17. The van der Waals surface area contributed by atoms with E-state index in [2.05, 4.69) is 5.32 Å². The highest BCUT2D eigenvalue weighted by molar-refractivity contribution is 6.02. The molecule has 0 heterocycles. The van der Waals surface area contributed by atoms with Crippen molar-refractivity contribution in [1.82, 2.24) is 0 Å². The zero-order chi connectivity index (χ0) is 22.4. The van der Waals surface area contributed by atoms with Crippen molar-refractivity contribution >= 4 is 29.2 Å². The molecule has 2 aromatic carbocycles. The summed E-state index contributed by atoms with van der Waals surface area (Å²) in [6, 6.07) is 11.8. The molecule has 2 N–H and O–H groups in total. The van der Waals surface area contributed by atoms with Crippen LogP contribution in [-0.4, -0.2) is 29.4 Å².